The van der Waals surface area contributed by atoms with Gasteiger partial charge in [-0.1, -0.05) is 12.1 Å². The Morgan fingerprint density at radius 3 is 2.38 bits per heavy atom. The van der Waals surface area contributed by atoms with Crippen molar-refractivity contribution in [2.75, 3.05) is 0 Å². The van der Waals surface area contributed by atoms with Gasteiger partial charge in [0.15, 0.2) is 9.84 Å². The van der Waals surface area contributed by atoms with Crippen molar-refractivity contribution in [2.24, 2.45) is 0 Å². The van der Waals surface area contributed by atoms with E-state index in [4.69, 9.17) is 0 Å². The van der Waals surface area contributed by atoms with Crippen LogP contribution in [0.25, 0.3) is 5.69 Å². The first-order valence-corrected chi connectivity index (χ1v) is 9.64. The largest absolute Gasteiger partial charge is 0.223 e. The molecule has 0 unspecified atom stereocenters. The van der Waals surface area contributed by atoms with Crippen LogP contribution >= 0.6 is 0 Å². The third kappa shape index (κ3) is 3.65. The van der Waals surface area contributed by atoms with Crippen molar-refractivity contribution in [2.45, 2.75) is 30.9 Å². The highest BCUT2D eigenvalue weighted by Gasteiger charge is 2.19. The van der Waals surface area contributed by atoms with E-state index in [2.05, 4.69) is 10.3 Å². The Hall–Kier alpha value is -2.61. The van der Waals surface area contributed by atoms with Crippen molar-refractivity contribution in [3.8, 4) is 5.69 Å². The number of halogens is 2. The Balaban J connectivity index is 1.87. The number of hydrogen-bond donors (Lipinski definition) is 0. The minimum absolute atomic E-state index is 0.0254. The standard InChI is InChI=1S/C18H17F2N3O2S/c1-3-14-10-23(22-21-14)15-4-6-16(7-5-15)26(24,25)11-13-9-17(19)12(2)8-18(13)20/h4-10H,3,11H2,1-2H3. The van der Waals surface area contributed by atoms with E-state index >= 15 is 0 Å². The van der Waals surface area contributed by atoms with E-state index in [9.17, 15) is 17.2 Å². The van der Waals surface area contributed by atoms with Crippen molar-refractivity contribution in [1.82, 2.24) is 15.0 Å². The van der Waals surface area contributed by atoms with Gasteiger partial charge in [-0.25, -0.2) is 21.9 Å². The average Bonchev–Trinajstić information content (AvgIpc) is 3.09. The fourth-order valence-corrected chi connectivity index (χ4v) is 3.83. The highest BCUT2D eigenvalue weighted by atomic mass is 32.2. The minimum Gasteiger partial charge on any atom is -0.223 e. The van der Waals surface area contributed by atoms with Crippen LogP contribution < -0.4 is 0 Å². The molecule has 26 heavy (non-hydrogen) atoms. The van der Waals surface area contributed by atoms with Gasteiger partial charge in [-0.05, 0) is 55.3 Å². The van der Waals surface area contributed by atoms with Gasteiger partial charge in [0.1, 0.15) is 11.6 Å². The summed E-state index contributed by atoms with van der Waals surface area (Å²) >= 11 is 0. The Kier molecular flexibility index (Phi) is 4.86. The van der Waals surface area contributed by atoms with Gasteiger partial charge in [-0.3, -0.25) is 0 Å². The molecular weight excluding hydrogens is 360 g/mol. The molecule has 2 aromatic carbocycles. The van der Waals surface area contributed by atoms with E-state index in [1.807, 2.05) is 6.92 Å². The second kappa shape index (κ2) is 6.95. The summed E-state index contributed by atoms with van der Waals surface area (Å²) in [4.78, 5) is 0.0254. The Labute approximate surface area is 150 Å². The molecule has 5 nitrogen and oxygen atoms in total. The topological polar surface area (TPSA) is 64.8 Å². The van der Waals surface area contributed by atoms with Crippen molar-refractivity contribution in [1.29, 1.82) is 0 Å². The van der Waals surface area contributed by atoms with E-state index < -0.39 is 27.2 Å². The van der Waals surface area contributed by atoms with Crippen LogP contribution in [0.15, 0.2) is 47.5 Å². The number of sulfone groups is 1. The van der Waals surface area contributed by atoms with E-state index in [1.54, 1.807) is 23.0 Å². The molecule has 0 bridgehead atoms. The quantitative estimate of drug-likeness (QED) is 0.684. The molecule has 136 valence electrons. The van der Waals surface area contributed by atoms with Gasteiger partial charge in [0, 0.05) is 5.56 Å². The van der Waals surface area contributed by atoms with E-state index in [-0.39, 0.29) is 16.0 Å². The van der Waals surface area contributed by atoms with Crippen molar-refractivity contribution >= 4 is 9.84 Å². The molecule has 0 aliphatic heterocycles. The summed E-state index contributed by atoms with van der Waals surface area (Å²) in [6.45, 7) is 3.38. The molecule has 0 atom stereocenters. The Morgan fingerprint density at radius 1 is 1.08 bits per heavy atom. The third-order valence-corrected chi connectivity index (χ3v) is 5.72. The van der Waals surface area contributed by atoms with Crippen LogP contribution in [0.2, 0.25) is 0 Å². The summed E-state index contributed by atoms with van der Waals surface area (Å²) < 4.78 is 54.2. The number of hydrogen-bond acceptors (Lipinski definition) is 4. The van der Waals surface area contributed by atoms with Gasteiger partial charge in [0.25, 0.3) is 0 Å². The predicted octanol–water partition coefficient (Wildman–Crippen LogP) is 3.39. The number of nitrogens with zero attached hydrogens (tertiary/aromatic N) is 3. The fourth-order valence-electron chi connectivity index (χ4n) is 2.48. The van der Waals surface area contributed by atoms with Gasteiger partial charge in [-0.2, -0.15) is 0 Å². The average molecular weight is 377 g/mol. The first-order valence-electron chi connectivity index (χ1n) is 7.99. The van der Waals surface area contributed by atoms with Crippen molar-refractivity contribution in [3.05, 3.63) is 71.1 Å². The number of benzene rings is 2. The van der Waals surface area contributed by atoms with Gasteiger partial charge < -0.3 is 0 Å². The van der Waals surface area contributed by atoms with Crippen LogP contribution in [0, 0.1) is 18.6 Å². The Morgan fingerprint density at radius 2 is 1.77 bits per heavy atom. The number of aromatic nitrogens is 3. The van der Waals surface area contributed by atoms with Crippen molar-refractivity contribution < 1.29 is 17.2 Å². The normalized spacial score (nSPS) is 11.7. The highest BCUT2D eigenvalue weighted by Crippen LogP contribution is 2.22. The zero-order chi connectivity index (χ0) is 18.9. The van der Waals surface area contributed by atoms with Crippen molar-refractivity contribution in [3.63, 3.8) is 0 Å². The summed E-state index contributed by atoms with van der Waals surface area (Å²) in [7, 11) is -3.82. The zero-order valence-corrected chi connectivity index (χ0v) is 15.1. The molecule has 0 radical (unpaired) electrons. The zero-order valence-electron chi connectivity index (χ0n) is 14.3. The van der Waals surface area contributed by atoms with Gasteiger partial charge in [-0.15, -0.1) is 5.10 Å². The summed E-state index contributed by atoms with van der Waals surface area (Å²) in [6, 6.07) is 7.94. The molecule has 0 fully saturated rings. The maximum atomic E-state index is 13.9. The highest BCUT2D eigenvalue weighted by molar-refractivity contribution is 7.90. The molecule has 1 heterocycles. The number of aryl methyl sites for hydroxylation is 2. The molecule has 0 spiro atoms. The summed E-state index contributed by atoms with van der Waals surface area (Å²) in [6.07, 6.45) is 2.50. The fraction of sp³-hybridized carbons (Fsp3) is 0.222. The Bertz CT molecular complexity index is 1040. The van der Waals surface area contributed by atoms with E-state index in [1.165, 1.54) is 19.1 Å². The molecule has 0 aliphatic carbocycles. The second-order valence-electron chi connectivity index (χ2n) is 5.95. The summed E-state index contributed by atoms with van der Waals surface area (Å²) in [5.74, 6) is -1.98. The molecule has 0 saturated heterocycles. The summed E-state index contributed by atoms with van der Waals surface area (Å²) in [5, 5.41) is 7.95. The van der Waals surface area contributed by atoms with Crippen LogP contribution in [0.3, 0.4) is 0 Å². The van der Waals surface area contributed by atoms with Crippen LogP contribution in [-0.2, 0) is 22.0 Å². The molecule has 3 aromatic rings. The lowest BCUT2D eigenvalue weighted by Crippen LogP contribution is -2.08. The molecule has 0 N–H and O–H groups in total. The molecule has 0 amide bonds. The third-order valence-electron chi connectivity index (χ3n) is 4.04. The van der Waals surface area contributed by atoms with Crippen LogP contribution in [0.5, 0.6) is 0 Å². The van der Waals surface area contributed by atoms with Gasteiger partial charge in [0.05, 0.1) is 28.2 Å². The molecule has 1 aromatic heterocycles. The molecule has 8 heteroatoms. The monoisotopic (exact) mass is 377 g/mol. The number of rotatable bonds is 5. The maximum Gasteiger partial charge on any atom is 0.182 e. The van der Waals surface area contributed by atoms with Crippen LogP contribution in [-0.4, -0.2) is 23.4 Å². The smallest absolute Gasteiger partial charge is 0.182 e. The van der Waals surface area contributed by atoms with Crippen LogP contribution in [0.4, 0.5) is 8.78 Å². The first kappa shape index (κ1) is 18.2. The summed E-state index contributed by atoms with van der Waals surface area (Å²) in [5.41, 5.74) is 1.41. The van der Waals surface area contributed by atoms with Gasteiger partial charge >= 0.3 is 0 Å². The molecule has 0 aliphatic rings. The maximum absolute atomic E-state index is 13.9. The lowest BCUT2D eigenvalue weighted by molar-refractivity contribution is 0.574. The van der Waals surface area contributed by atoms with E-state index in [0.717, 1.165) is 24.2 Å². The SMILES string of the molecule is CCc1cn(-c2ccc(S(=O)(=O)Cc3cc(F)c(C)cc3F)cc2)nn1. The second-order valence-corrected chi connectivity index (χ2v) is 7.94. The van der Waals surface area contributed by atoms with E-state index in [0.29, 0.717) is 5.69 Å². The van der Waals surface area contributed by atoms with Gasteiger partial charge in [0.2, 0.25) is 0 Å². The lowest BCUT2D eigenvalue weighted by atomic mass is 10.1. The molecule has 3 rings (SSSR count). The molecule has 0 saturated carbocycles. The minimum atomic E-state index is -3.82. The first-order chi connectivity index (χ1) is 12.3. The predicted molar refractivity (Wildman–Crippen MR) is 92.7 cm³/mol. The molecular formula is C18H17F2N3O2S. The van der Waals surface area contributed by atoms with Crippen LogP contribution in [0.1, 0.15) is 23.7 Å². The lowest BCUT2D eigenvalue weighted by Gasteiger charge is -2.08.